The van der Waals surface area contributed by atoms with Gasteiger partial charge < -0.3 is 5.73 Å². The summed E-state index contributed by atoms with van der Waals surface area (Å²) in [6, 6.07) is 2.82. The van der Waals surface area contributed by atoms with E-state index in [0.29, 0.717) is 14.2 Å². The van der Waals surface area contributed by atoms with Gasteiger partial charge in [-0.05, 0) is 6.07 Å². The molecule has 0 aliphatic carbocycles. The van der Waals surface area contributed by atoms with Crippen LogP contribution in [0.5, 0.6) is 0 Å². The Bertz CT molecular complexity index is 302. The summed E-state index contributed by atoms with van der Waals surface area (Å²) >= 11 is 12.6. The fourth-order valence-corrected chi connectivity index (χ4v) is 2.18. The Balaban J connectivity index is 3.05. The monoisotopic (exact) mass is 206 g/mol. The van der Waals surface area contributed by atoms with Crippen LogP contribution < -0.4 is 5.73 Å². The third-order valence-corrected chi connectivity index (χ3v) is 2.68. The molecule has 1 rings (SSSR count). The molecule has 0 bridgehead atoms. The maximum absolute atomic E-state index is 8.45. The predicted octanol–water partition coefficient (Wildman–Crippen LogP) is 2.58. The summed E-state index contributed by atoms with van der Waals surface area (Å²) in [6.07, 6.45) is 0. The van der Waals surface area contributed by atoms with Crippen molar-refractivity contribution >= 4 is 34.5 Å². The van der Waals surface area contributed by atoms with Crippen molar-refractivity contribution in [3.63, 3.8) is 0 Å². The van der Waals surface area contributed by atoms with Crippen LogP contribution in [0.4, 0.5) is 0 Å². The maximum atomic E-state index is 8.45. The maximum Gasteiger partial charge on any atom is 0.121 e. The molecular weight excluding hydrogens is 203 g/mol. The second kappa shape index (κ2) is 3.42. The average molecular weight is 207 g/mol. The molecule has 5 heteroatoms. The first-order valence-electron chi connectivity index (χ1n) is 2.75. The normalized spacial score (nSPS) is 12.5. The van der Waals surface area contributed by atoms with E-state index in [4.69, 9.17) is 34.2 Å². The molecule has 1 heterocycles. The van der Waals surface area contributed by atoms with Crippen LogP contribution in [0.1, 0.15) is 11.6 Å². The van der Waals surface area contributed by atoms with Gasteiger partial charge in [0.25, 0.3) is 0 Å². The van der Waals surface area contributed by atoms with Crippen molar-refractivity contribution in [2.24, 2.45) is 5.73 Å². The first kappa shape index (κ1) is 8.82. The molecule has 2 N–H and O–H groups in total. The van der Waals surface area contributed by atoms with Crippen LogP contribution in [0.3, 0.4) is 0 Å². The van der Waals surface area contributed by atoms with Crippen molar-refractivity contribution in [1.29, 1.82) is 5.26 Å². The van der Waals surface area contributed by atoms with Crippen LogP contribution in [0.2, 0.25) is 8.67 Å². The molecule has 0 amide bonds. The third kappa shape index (κ3) is 1.85. The number of thiophene rings is 1. The Labute approximate surface area is 78.1 Å². The van der Waals surface area contributed by atoms with Gasteiger partial charge in [-0.2, -0.15) is 5.26 Å². The molecule has 0 aliphatic heterocycles. The summed E-state index contributed by atoms with van der Waals surface area (Å²) < 4.78 is 1.04. The van der Waals surface area contributed by atoms with E-state index >= 15 is 0 Å². The van der Waals surface area contributed by atoms with Gasteiger partial charge in [-0.1, -0.05) is 23.2 Å². The summed E-state index contributed by atoms with van der Waals surface area (Å²) in [5.41, 5.74) is 6.01. The molecule has 0 aromatic carbocycles. The molecule has 0 fully saturated rings. The zero-order chi connectivity index (χ0) is 8.43. The largest absolute Gasteiger partial charge is 0.312 e. The molecule has 1 atom stereocenters. The van der Waals surface area contributed by atoms with E-state index in [1.54, 1.807) is 6.07 Å². The number of nitrogens with two attached hydrogens (primary N) is 1. The van der Waals surface area contributed by atoms with Crippen molar-refractivity contribution in [3.8, 4) is 6.07 Å². The van der Waals surface area contributed by atoms with Crippen molar-refractivity contribution in [2.45, 2.75) is 6.04 Å². The van der Waals surface area contributed by atoms with Crippen LogP contribution in [0.15, 0.2) is 6.07 Å². The fraction of sp³-hybridized carbons (Fsp3) is 0.167. The lowest BCUT2D eigenvalue weighted by molar-refractivity contribution is 0.933. The minimum atomic E-state index is -0.675. The summed E-state index contributed by atoms with van der Waals surface area (Å²) in [7, 11) is 0. The number of halogens is 2. The third-order valence-electron chi connectivity index (χ3n) is 1.16. The minimum absolute atomic E-state index is 0.490. The first-order chi connectivity index (χ1) is 5.15. The topological polar surface area (TPSA) is 49.8 Å². The molecule has 1 unspecified atom stereocenters. The number of hydrogen-bond donors (Lipinski definition) is 1. The Morgan fingerprint density at radius 3 is 2.64 bits per heavy atom. The molecule has 2 nitrogen and oxygen atoms in total. The summed E-state index contributed by atoms with van der Waals surface area (Å²) in [5, 5.41) is 8.45. The highest BCUT2D eigenvalue weighted by atomic mass is 35.5. The Morgan fingerprint density at radius 1 is 1.64 bits per heavy atom. The van der Waals surface area contributed by atoms with E-state index in [1.807, 2.05) is 6.07 Å². The number of nitriles is 1. The number of hydrogen-bond acceptors (Lipinski definition) is 3. The van der Waals surface area contributed by atoms with Crippen LogP contribution in [0.25, 0.3) is 0 Å². The summed E-state index contributed by atoms with van der Waals surface area (Å²) in [6.45, 7) is 0. The van der Waals surface area contributed by atoms with Gasteiger partial charge in [-0.3, -0.25) is 0 Å². The summed E-state index contributed by atoms with van der Waals surface area (Å²) in [5.74, 6) is 0. The molecule has 0 spiro atoms. The van der Waals surface area contributed by atoms with Crippen LogP contribution >= 0.6 is 34.5 Å². The highest BCUT2D eigenvalue weighted by Crippen LogP contribution is 2.33. The minimum Gasteiger partial charge on any atom is -0.312 e. The zero-order valence-electron chi connectivity index (χ0n) is 5.34. The van der Waals surface area contributed by atoms with Gasteiger partial charge in [0.1, 0.15) is 10.4 Å². The second-order valence-electron chi connectivity index (χ2n) is 1.89. The second-order valence-corrected chi connectivity index (χ2v) is 4.17. The Kier molecular flexibility index (Phi) is 2.74. The molecule has 0 aliphatic rings. The molecule has 58 valence electrons. The van der Waals surface area contributed by atoms with Gasteiger partial charge in [-0.25, -0.2) is 0 Å². The molecule has 0 saturated heterocycles. The van der Waals surface area contributed by atoms with Crippen molar-refractivity contribution in [2.75, 3.05) is 0 Å². The lowest BCUT2D eigenvalue weighted by Gasteiger charge is -1.96. The Morgan fingerprint density at radius 2 is 2.27 bits per heavy atom. The lowest BCUT2D eigenvalue weighted by atomic mass is 10.2. The highest BCUT2D eigenvalue weighted by molar-refractivity contribution is 7.20. The predicted molar refractivity (Wildman–Crippen MR) is 46.9 cm³/mol. The van der Waals surface area contributed by atoms with Gasteiger partial charge >= 0.3 is 0 Å². The van der Waals surface area contributed by atoms with E-state index in [9.17, 15) is 0 Å². The quantitative estimate of drug-likeness (QED) is 0.769. The number of rotatable bonds is 1. The van der Waals surface area contributed by atoms with Crippen LogP contribution in [-0.2, 0) is 0 Å². The molecular formula is C6H4Cl2N2S. The molecule has 0 saturated carbocycles. The van der Waals surface area contributed by atoms with E-state index in [2.05, 4.69) is 0 Å². The van der Waals surface area contributed by atoms with Gasteiger partial charge in [0.2, 0.25) is 0 Å². The van der Waals surface area contributed by atoms with Gasteiger partial charge in [0.05, 0.1) is 10.4 Å². The number of nitrogens with zero attached hydrogens (tertiary/aromatic N) is 1. The molecule has 1 aromatic rings. The van der Waals surface area contributed by atoms with Crippen LogP contribution in [0, 0.1) is 11.3 Å². The van der Waals surface area contributed by atoms with E-state index < -0.39 is 6.04 Å². The smallest absolute Gasteiger partial charge is 0.121 e. The van der Waals surface area contributed by atoms with E-state index in [0.717, 1.165) is 0 Å². The van der Waals surface area contributed by atoms with Gasteiger partial charge in [-0.15, -0.1) is 11.3 Å². The molecule has 11 heavy (non-hydrogen) atoms. The fourth-order valence-electron chi connectivity index (χ4n) is 0.635. The van der Waals surface area contributed by atoms with Gasteiger partial charge in [0, 0.05) is 5.56 Å². The van der Waals surface area contributed by atoms with Crippen molar-refractivity contribution in [1.82, 2.24) is 0 Å². The summed E-state index contributed by atoms with van der Waals surface area (Å²) in [4.78, 5) is 0. The van der Waals surface area contributed by atoms with E-state index in [-0.39, 0.29) is 0 Å². The molecule has 0 radical (unpaired) electrons. The SMILES string of the molecule is N#CC(N)c1cc(Cl)sc1Cl. The lowest BCUT2D eigenvalue weighted by Crippen LogP contribution is -2.05. The average Bonchev–Trinajstić information content (AvgIpc) is 2.28. The standard InChI is InChI=1S/C6H4Cl2N2S/c7-5-1-3(4(10)2-9)6(8)11-5/h1,4H,10H2. The van der Waals surface area contributed by atoms with Crippen LogP contribution in [-0.4, -0.2) is 0 Å². The van der Waals surface area contributed by atoms with E-state index in [1.165, 1.54) is 11.3 Å². The van der Waals surface area contributed by atoms with Gasteiger partial charge in [0.15, 0.2) is 0 Å². The first-order valence-corrected chi connectivity index (χ1v) is 4.32. The Hall–Kier alpha value is -0.270. The van der Waals surface area contributed by atoms with Crippen molar-refractivity contribution in [3.05, 3.63) is 20.3 Å². The highest BCUT2D eigenvalue weighted by Gasteiger charge is 2.12. The zero-order valence-corrected chi connectivity index (χ0v) is 7.67. The molecule has 1 aromatic heterocycles. The van der Waals surface area contributed by atoms with Crippen molar-refractivity contribution < 1.29 is 0 Å².